The molecule has 134 valence electrons. The Morgan fingerprint density at radius 2 is 1.64 bits per heavy atom. The number of carbonyl (C=O) groups excluding carboxylic acids is 2. The number of hydrogen-bond acceptors (Lipinski definition) is 3. The van der Waals surface area contributed by atoms with Gasteiger partial charge in [-0.1, -0.05) is 42.5 Å². The minimum atomic E-state index is -0.177. The Kier molecular flexibility index (Phi) is 8.50. The van der Waals surface area contributed by atoms with E-state index in [9.17, 15) is 9.59 Å². The molecule has 0 heterocycles. The summed E-state index contributed by atoms with van der Waals surface area (Å²) >= 11 is 0. The van der Waals surface area contributed by atoms with Gasteiger partial charge in [-0.15, -0.1) is 12.4 Å². The molecule has 0 aliphatic rings. The summed E-state index contributed by atoms with van der Waals surface area (Å²) in [6, 6.07) is 16.9. The minimum absolute atomic E-state index is 0. The molecule has 0 bridgehead atoms. The summed E-state index contributed by atoms with van der Waals surface area (Å²) in [5.41, 5.74) is 8.21. The molecule has 0 fully saturated rings. The summed E-state index contributed by atoms with van der Waals surface area (Å²) < 4.78 is 0. The van der Waals surface area contributed by atoms with Crippen molar-refractivity contribution in [3.05, 3.63) is 65.7 Å². The molecule has 2 rings (SSSR count). The molecule has 0 aromatic heterocycles. The molecule has 2 amide bonds. The summed E-state index contributed by atoms with van der Waals surface area (Å²) in [5, 5.41) is 2.68. The molecule has 0 spiro atoms. The van der Waals surface area contributed by atoms with Crippen LogP contribution in [0.15, 0.2) is 54.6 Å². The molecule has 6 heteroatoms. The number of benzene rings is 2. The normalized spacial score (nSPS) is 9.80. The predicted molar refractivity (Wildman–Crippen MR) is 102 cm³/mol. The number of carbonyl (C=O) groups is 2. The number of amides is 2. The molecule has 0 radical (unpaired) electrons. The lowest BCUT2D eigenvalue weighted by Crippen LogP contribution is -2.40. The number of rotatable bonds is 7. The number of anilines is 1. The number of nitrogen functional groups attached to an aromatic ring is 1. The largest absolute Gasteiger partial charge is 0.399 e. The van der Waals surface area contributed by atoms with Gasteiger partial charge in [0, 0.05) is 18.8 Å². The molecular formula is C19H24ClN3O2. The zero-order valence-corrected chi connectivity index (χ0v) is 15.1. The van der Waals surface area contributed by atoms with Crippen LogP contribution in [0.2, 0.25) is 0 Å². The lowest BCUT2D eigenvalue weighted by atomic mass is 10.1. The quantitative estimate of drug-likeness (QED) is 0.743. The van der Waals surface area contributed by atoms with E-state index in [1.165, 1.54) is 0 Å². The highest BCUT2D eigenvalue weighted by molar-refractivity contribution is 5.86. The molecule has 0 atom stereocenters. The first kappa shape index (κ1) is 20.5. The highest BCUT2D eigenvalue weighted by Crippen LogP contribution is 2.06. The summed E-state index contributed by atoms with van der Waals surface area (Å²) in [6.07, 6.45) is 0.234. The molecule has 2 aromatic carbocycles. The predicted octanol–water partition coefficient (Wildman–Crippen LogP) is 2.40. The molecule has 0 aliphatic heterocycles. The summed E-state index contributed by atoms with van der Waals surface area (Å²) in [5.74, 6) is -0.268. The molecule has 0 unspecified atom stereocenters. The second kappa shape index (κ2) is 10.4. The van der Waals surface area contributed by atoms with E-state index in [1.807, 2.05) is 49.4 Å². The Balaban J connectivity index is 0.00000312. The van der Waals surface area contributed by atoms with Crippen LogP contribution in [0.5, 0.6) is 0 Å². The zero-order chi connectivity index (χ0) is 17.4. The van der Waals surface area contributed by atoms with Crippen LogP contribution in [0.3, 0.4) is 0 Å². The van der Waals surface area contributed by atoms with Gasteiger partial charge in [-0.05, 0) is 30.2 Å². The van der Waals surface area contributed by atoms with E-state index in [1.54, 1.807) is 17.0 Å². The maximum Gasteiger partial charge on any atom is 0.242 e. The van der Waals surface area contributed by atoms with Gasteiger partial charge < -0.3 is 16.0 Å². The third-order valence-electron chi connectivity index (χ3n) is 3.73. The number of hydrogen-bond donors (Lipinski definition) is 2. The van der Waals surface area contributed by atoms with Crippen LogP contribution in [0.1, 0.15) is 18.1 Å². The van der Waals surface area contributed by atoms with E-state index in [0.717, 1.165) is 11.1 Å². The highest BCUT2D eigenvalue weighted by Gasteiger charge is 2.13. The van der Waals surface area contributed by atoms with Crippen LogP contribution in [-0.2, 0) is 22.6 Å². The zero-order valence-electron chi connectivity index (χ0n) is 14.3. The van der Waals surface area contributed by atoms with Crippen molar-refractivity contribution >= 4 is 29.9 Å². The van der Waals surface area contributed by atoms with Gasteiger partial charge in [-0.3, -0.25) is 9.59 Å². The van der Waals surface area contributed by atoms with Gasteiger partial charge in [-0.2, -0.15) is 0 Å². The Morgan fingerprint density at radius 1 is 1.00 bits per heavy atom. The van der Waals surface area contributed by atoms with Gasteiger partial charge in [0.25, 0.3) is 0 Å². The third kappa shape index (κ3) is 6.85. The lowest BCUT2D eigenvalue weighted by Gasteiger charge is -2.21. The van der Waals surface area contributed by atoms with Crippen LogP contribution in [0.4, 0.5) is 5.69 Å². The van der Waals surface area contributed by atoms with Crippen molar-refractivity contribution in [2.75, 3.05) is 18.8 Å². The van der Waals surface area contributed by atoms with Crippen LogP contribution in [0, 0.1) is 0 Å². The van der Waals surface area contributed by atoms with Crippen molar-refractivity contribution in [2.45, 2.75) is 19.9 Å². The van der Waals surface area contributed by atoms with Gasteiger partial charge in [0.1, 0.15) is 0 Å². The summed E-state index contributed by atoms with van der Waals surface area (Å²) in [6.45, 7) is 3.08. The molecule has 25 heavy (non-hydrogen) atoms. The first-order chi connectivity index (χ1) is 11.6. The Morgan fingerprint density at radius 3 is 2.24 bits per heavy atom. The number of nitrogens with two attached hydrogens (primary N) is 1. The van der Waals surface area contributed by atoms with Crippen LogP contribution in [0.25, 0.3) is 0 Å². The van der Waals surface area contributed by atoms with Gasteiger partial charge in [0.15, 0.2) is 0 Å². The minimum Gasteiger partial charge on any atom is -0.399 e. The van der Waals surface area contributed by atoms with E-state index in [-0.39, 0.29) is 37.2 Å². The van der Waals surface area contributed by atoms with E-state index in [4.69, 9.17) is 5.73 Å². The van der Waals surface area contributed by atoms with Crippen molar-refractivity contribution in [1.82, 2.24) is 10.2 Å². The van der Waals surface area contributed by atoms with Crippen molar-refractivity contribution in [3.8, 4) is 0 Å². The van der Waals surface area contributed by atoms with Crippen LogP contribution >= 0.6 is 12.4 Å². The first-order valence-electron chi connectivity index (χ1n) is 8.01. The monoisotopic (exact) mass is 361 g/mol. The molecule has 3 N–H and O–H groups in total. The van der Waals surface area contributed by atoms with E-state index in [2.05, 4.69) is 5.32 Å². The van der Waals surface area contributed by atoms with Crippen LogP contribution < -0.4 is 11.1 Å². The van der Waals surface area contributed by atoms with Gasteiger partial charge in [0.2, 0.25) is 11.8 Å². The smallest absolute Gasteiger partial charge is 0.242 e. The molecule has 0 saturated carbocycles. The fraction of sp³-hybridized carbons (Fsp3) is 0.263. The fourth-order valence-corrected chi connectivity index (χ4v) is 2.35. The lowest BCUT2D eigenvalue weighted by molar-refractivity contribution is -0.133. The Labute approximate surface area is 154 Å². The summed E-state index contributed by atoms with van der Waals surface area (Å²) in [4.78, 5) is 26.0. The van der Waals surface area contributed by atoms with Gasteiger partial charge >= 0.3 is 0 Å². The SMILES string of the molecule is CCN(Cc1ccccc1)C(=O)CNC(=O)Cc1ccc(N)cc1.Cl. The van der Waals surface area contributed by atoms with Gasteiger partial charge in [0.05, 0.1) is 13.0 Å². The van der Waals surface area contributed by atoms with Crippen molar-refractivity contribution in [2.24, 2.45) is 0 Å². The maximum atomic E-state index is 12.3. The van der Waals surface area contributed by atoms with E-state index >= 15 is 0 Å². The topological polar surface area (TPSA) is 75.4 Å². The van der Waals surface area contributed by atoms with Gasteiger partial charge in [-0.25, -0.2) is 0 Å². The number of halogens is 1. The number of likely N-dealkylation sites (N-methyl/N-ethyl adjacent to an activating group) is 1. The Hall–Kier alpha value is -2.53. The average Bonchev–Trinajstić information content (AvgIpc) is 2.60. The van der Waals surface area contributed by atoms with E-state index < -0.39 is 0 Å². The third-order valence-corrected chi connectivity index (χ3v) is 3.73. The first-order valence-corrected chi connectivity index (χ1v) is 8.01. The second-order valence-corrected chi connectivity index (χ2v) is 5.59. The Bertz CT molecular complexity index is 675. The van der Waals surface area contributed by atoms with E-state index in [0.29, 0.717) is 18.8 Å². The number of nitrogens with one attached hydrogen (secondary N) is 1. The molecule has 0 aliphatic carbocycles. The summed E-state index contributed by atoms with van der Waals surface area (Å²) in [7, 11) is 0. The molecule has 2 aromatic rings. The van der Waals surface area contributed by atoms with Crippen molar-refractivity contribution in [1.29, 1.82) is 0 Å². The van der Waals surface area contributed by atoms with Crippen LogP contribution in [-0.4, -0.2) is 29.8 Å². The molecule has 0 saturated heterocycles. The van der Waals surface area contributed by atoms with Crippen molar-refractivity contribution in [3.63, 3.8) is 0 Å². The number of nitrogens with zero attached hydrogens (tertiary/aromatic N) is 1. The van der Waals surface area contributed by atoms with Crippen molar-refractivity contribution < 1.29 is 9.59 Å². The maximum absolute atomic E-state index is 12.3. The second-order valence-electron chi connectivity index (χ2n) is 5.59. The standard InChI is InChI=1S/C19H23N3O2.ClH/c1-2-22(14-16-6-4-3-5-7-16)19(24)13-21-18(23)12-15-8-10-17(20)11-9-15;/h3-11H,2,12-14,20H2,1H3,(H,21,23);1H. The average molecular weight is 362 g/mol. The highest BCUT2D eigenvalue weighted by atomic mass is 35.5. The molecule has 5 nitrogen and oxygen atoms in total. The molecular weight excluding hydrogens is 338 g/mol. The fourth-order valence-electron chi connectivity index (χ4n) is 2.35.